The molecule has 0 radical (unpaired) electrons. The summed E-state index contributed by atoms with van der Waals surface area (Å²) in [6.45, 7) is 5.58. The maximum Gasteiger partial charge on any atom is 0.350 e. The lowest BCUT2D eigenvalue weighted by atomic mass is 10.1. The van der Waals surface area contributed by atoms with Crippen molar-refractivity contribution in [3.05, 3.63) is 41.0 Å². The number of methoxy groups -OCH3 is 1. The lowest BCUT2D eigenvalue weighted by molar-refractivity contribution is 0.0382. The molecule has 0 amide bonds. The van der Waals surface area contributed by atoms with E-state index in [9.17, 15) is 4.79 Å². The number of esters is 1. The van der Waals surface area contributed by atoms with E-state index in [-0.39, 0.29) is 12.1 Å². The first kappa shape index (κ1) is 15.6. The van der Waals surface area contributed by atoms with Crippen molar-refractivity contribution >= 4 is 22.3 Å². The quantitative estimate of drug-likeness (QED) is 0.680. The Morgan fingerprint density at radius 3 is 2.78 bits per heavy atom. The fourth-order valence-corrected chi connectivity index (χ4v) is 3.32. The summed E-state index contributed by atoms with van der Waals surface area (Å²) in [4.78, 5) is 18.1. The average molecular weight is 330 g/mol. The van der Waals surface area contributed by atoms with Gasteiger partial charge in [0, 0.05) is 17.5 Å². The van der Waals surface area contributed by atoms with E-state index in [1.165, 1.54) is 11.3 Å². The molecule has 0 atom stereocenters. The van der Waals surface area contributed by atoms with Crippen LogP contribution in [0.1, 0.15) is 29.2 Å². The van der Waals surface area contributed by atoms with E-state index in [2.05, 4.69) is 4.98 Å². The van der Waals surface area contributed by atoms with E-state index in [1.807, 2.05) is 55.6 Å². The molecule has 3 rings (SSSR count). The molecular weight excluding hydrogens is 312 g/mol. The molecular formula is C17H18N2O3S. The number of nitrogens with zero attached hydrogens (tertiary/aromatic N) is 2. The molecule has 0 N–H and O–H groups in total. The van der Waals surface area contributed by atoms with Crippen molar-refractivity contribution in [2.75, 3.05) is 7.11 Å². The number of aryl methyl sites for hydroxylation is 1. The van der Waals surface area contributed by atoms with Crippen LogP contribution in [0.4, 0.5) is 0 Å². The van der Waals surface area contributed by atoms with Gasteiger partial charge >= 0.3 is 5.97 Å². The molecule has 3 aromatic rings. The van der Waals surface area contributed by atoms with Crippen molar-refractivity contribution in [3.8, 4) is 17.0 Å². The molecule has 2 aromatic heterocycles. The van der Waals surface area contributed by atoms with Crippen molar-refractivity contribution in [1.82, 2.24) is 9.38 Å². The summed E-state index contributed by atoms with van der Waals surface area (Å²) in [5.74, 6) is 0.493. The number of carbonyl (C=O) groups is 1. The smallest absolute Gasteiger partial charge is 0.350 e. The summed E-state index contributed by atoms with van der Waals surface area (Å²) in [6, 6.07) is 7.75. The van der Waals surface area contributed by atoms with E-state index >= 15 is 0 Å². The lowest BCUT2D eigenvalue weighted by Gasteiger charge is -2.06. The van der Waals surface area contributed by atoms with Crippen LogP contribution >= 0.6 is 11.3 Å². The zero-order valence-corrected chi connectivity index (χ0v) is 14.3. The zero-order valence-electron chi connectivity index (χ0n) is 13.5. The number of fused-ring (bicyclic) bond motifs is 1. The number of ether oxygens (including phenoxy) is 2. The van der Waals surface area contributed by atoms with Crippen LogP contribution in [0.2, 0.25) is 0 Å². The van der Waals surface area contributed by atoms with Crippen LogP contribution in [0.25, 0.3) is 16.2 Å². The highest BCUT2D eigenvalue weighted by Crippen LogP contribution is 2.29. The molecule has 0 spiro atoms. The van der Waals surface area contributed by atoms with Gasteiger partial charge in [0.05, 0.1) is 18.9 Å². The highest BCUT2D eigenvalue weighted by molar-refractivity contribution is 7.19. The van der Waals surface area contributed by atoms with Crippen molar-refractivity contribution in [2.24, 2.45) is 0 Å². The van der Waals surface area contributed by atoms with Crippen LogP contribution in [0, 0.1) is 6.92 Å². The fourth-order valence-electron chi connectivity index (χ4n) is 2.33. The van der Waals surface area contributed by atoms with E-state index in [0.29, 0.717) is 4.88 Å². The monoisotopic (exact) mass is 330 g/mol. The summed E-state index contributed by atoms with van der Waals surface area (Å²) >= 11 is 1.35. The van der Waals surface area contributed by atoms with Crippen LogP contribution in [-0.2, 0) is 4.74 Å². The summed E-state index contributed by atoms with van der Waals surface area (Å²) in [5.41, 5.74) is 2.67. The number of carbonyl (C=O) groups excluding carboxylic acids is 1. The SMILES string of the molecule is COc1cccc(-c2cn3c(C)c(C(=O)OC(C)C)sc3n2)c1. The van der Waals surface area contributed by atoms with Gasteiger partial charge in [-0.3, -0.25) is 4.40 Å². The van der Waals surface area contributed by atoms with E-state index in [0.717, 1.165) is 27.7 Å². The Kier molecular flexibility index (Phi) is 4.09. The molecule has 2 heterocycles. The normalized spacial score (nSPS) is 11.2. The van der Waals surface area contributed by atoms with Gasteiger partial charge in [0.2, 0.25) is 0 Å². The predicted molar refractivity (Wildman–Crippen MR) is 90.3 cm³/mol. The van der Waals surface area contributed by atoms with Crippen LogP contribution in [0.3, 0.4) is 0 Å². The van der Waals surface area contributed by atoms with Gasteiger partial charge in [0.25, 0.3) is 0 Å². The summed E-state index contributed by atoms with van der Waals surface area (Å²) in [6.07, 6.45) is 1.80. The highest BCUT2D eigenvalue weighted by atomic mass is 32.1. The second-order valence-corrected chi connectivity index (χ2v) is 6.46. The highest BCUT2D eigenvalue weighted by Gasteiger charge is 2.20. The molecule has 5 nitrogen and oxygen atoms in total. The molecule has 0 bridgehead atoms. The Morgan fingerprint density at radius 1 is 1.35 bits per heavy atom. The van der Waals surface area contributed by atoms with E-state index in [1.54, 1.807) is 7.11 Å². The van der Waals surface area contributed by atoms with Crippen molar-refractivity contribution in [1.29, 1.82) is 0 Å². The number of thiazole rings is 1. The number of aromatic nitrogens is 2. The lowest BCUT2D eigenvalue weighted by Crippen LogP contribution is -2.11. The summed E-state index contributed by atoms with van der Waals surface area (Å²) in [5, 5.41) is 0. The van der Waals surface area contributed by atoms with Gasteiger partial charge in [-0.25, -0.2) is 9.78 Å². The number of benzene rings is 1. The maximum atomic E-state index is 12.1. The van der Waals surface area contributed by atoms with Crippen molar-refractivity contribution < 1.29 is 14.3 Å². The molecule has 0 aliphatic heterocycles. The number of rotatable bonds is 4. The third kappa shape index (κ3) is 2.94. The minimum absolute atomic E-state index is 0.135. The first-order chi connectivity index (χ1) is 11.0. The van der Waals surface area contributed by atoms with Crippen molar-refractivity contribution in [3.63, 3.8) is 0 Å². The predicted octanol–water partition coefficient (Wildman–Crippen LogP) is 3.95. The van der Waals surface area contributed by atoms with Gasteiger partial charge in [-0.15, -0.1) is 0 Å². The first-order valence-corrected chi connectivity index (χ1v) is 8.15. The molecule has 0 saturated heterocycles. The minimum Gasteiger partial charge on any atom is -0.497 e. The molecule has 0 aliphatic rings. The summed E-state index contributed by atoms with van der Waals surface area (Å²) in [7, 11) is 1.64. The molecule has 0 unspecified atom stereocenters. The molecule has 0 aliphatic carbocycles. The van der Waals surface area contributed by atoms with Crippen LogP contribution in [0.5, 0.6) is 5.75 Å². The molecule has 6 heteroatoms. The number of hydrogen-bond acceptors (Lipinski definition) is 5. The van der Waals surface area contributed by atoms with Crippen molar-refractivity contribution in [2.45, 2.75) is 26.9 Å². The molecule has 0 fully saturated rings. The fraction of sp³-hybridized carbons (Fsp3) is 0.294. The number of imidazole rings is 1. The first-order valence-electron chi connectivity index (χ1n) is 7.33. The largest absolute Gasteiger partial charge is 0.497 e. The van der Waals surface area contributed by atoms with Gasteiger partial charge in [-0.2, -0.15) is 0 Å². The third-order valence-corrected chi connectivity index (χ3v) is 4.59. The second kappa shape index (κ2) is 6.04. The van der Waals surface area contributed by atoms with Crippen LogP contribution in [-0.4, -0.2) is 28.6 Å². The van der Waals surface area contributed by atoms with Crippen LogP contribution < -0.4 is 4.74 Å². The number of hydrogen-bond donors (Lipinski definition) is 0. The van der Waals surface area contributed by atoms with E-state index in [4.69, 9.17) is 9.47 Å². The Bertz CT molecular complexity index is 864. The maximum absolute atomic E-state index is 12.1. The second-order valence-electron chi connectivity index (χ2n) is 5.48. The Hall–Kier alpha value is -2.34. The van der Waals surface area contributed by atoms with Crippen LogP contribution in [0.15, 0.2) is 30.5 Å². The standard InChI is InChI=1S/C17H18N2O3S/c1-10(2)22-16(20)15-11(3)19-9-14(18-17(19)23-15)12-6-5-7-13(8-12)21-4/h5-10H,1-4H3. The van der Waals surface area contributed by atoms with E-state index < -0.39 is 0 Å². The van der Waals surface area contributed by atoms with Gasteiger partial charge in [-0.1, -0.05) is 23.5 Å². The zero-order chi connectivity index (χ0) is 16.6. The molecule has 0 saturated carbocycles. The van der Waals surface area contributed by atoms with Gasteiger partial charge < -0.3 is 9.47 Å². The Balaban J connectivity index is 1.99. The van der Waals surface area contributed by atoms with Gasteiger partial charge in [0.15, 0.2) is 4.96 Å². The topological polar surface area (TPSA) is 52.8 Å². The minimum atomic E-state index is -0.295. The van der Waals surface area contributed by atoms with Gasteiger partial charge in [-0.05, 0) is 32.9 Å². The average Bonchev–Trinajstić information content (AvgIpc) is 3.07. The molecule has 1 aromatic carbocycles. The summed E-state index contributed by atoms with van der Waals surface area (Å²) < 4.78 is 12.5. The Morgan fingerprint density at radius 2 is 2.13 bits per heavy atom. The molecule has 23 heavy (non-hydrogen) atoms. The third-order valence-electron chi connectivity index (χ3n) is 3.45. The Labute approximate surface area is 138 Å². The van der Waals surface area contributed by atoms with Gasteiger partial charge in [0.1, 0.15) is 10.6 Å². The molecule has 120 valence electrons.